The van der Waals surface area contributed by atoms with Crippen LogP contribution >= 0.6 is 11.3 Å². The van der Waals surface area contributed by atoms with Gasteiger partial charge < -0.3 is 10.0 Å². The third kappa shape index (κ3) is 2.59. The normalized spacial score (nSPS) is 13.8. The van der Waals surface area contributed by atoms with E-state index in [1.54, 1.807) is 11.3 Å². The molecule has 0 radical (unpaired) electrons. The van der Waals surface area contributed by atoms with E-state index in [2.05, 4.69) is 6.92 Å². The molecule has 0 amide bonds. The maximum atomic E-state index is 9.67. The quantitative estimate of drug-likeness (QED) is 0.774. The Balaban J connectivity index is 2.58. The van der Waals surface area contributed by atoms with Crippen LogP contribution in [-0.4, -0.2) is 30.6 Å². The number of likely N-dealkylation sites (N-methyl/N-ethyl adjacent to an activating group) is 1. The highest BCUT2D eigenvalue weighted by atomic mass is 32.1. The maximum Gasteiger partial charge on any atom is 0.0924 e. The van der Waals surface area contributed by atoms with Crippen LogP contribution in [0.15, 0.2) is 11.4 Å². The molecule has 2 nitrogen and oxygen atoms in total. The molecule has 12 heavy (non-hydrogen) atoms. The molecular weight excluding hydrogens is 170 g/mol. The maximum absolute atomic E-state index is 9.67. The Hall–Kier alpha value is -0.380. The summed E-state index contributed by atoms with van der Waals surface area (Å²) in [7, 11) is 3.92. The van der Waals surface area contributed by atoms with Gasteiger partial charge in [0.05, 0.1) is 6.10 Å². The van der Waals surface area contributed by atoms with Crippen molar-refractivity contribution in [2.75, 3.05) is 20.6 Å². The fraction of sp³-hybridized carbons (Fsp3) is 0.556. The molecule has 1 rings (SSSR count). The second-order valence-corrected chi connectivity index (χ2v) is 4.38. The first-order valence-corrected chi connectivity index (χ1v) is 4.85. The Morgan fingerprint density at radius 3 is 2.67 bits per heavy atom. The number of aliphatic hydroxyl groups excluding tert-OH is 1. The van der Waals surface area contributed by atoms with Crippen molar-refractivity contribution >= 4 is 11.3 Å². The molecule has 0 aliphatic carbocycles. The van der Waals surface area contributed by atoms with E-state index in [0.717, 1.165) is 5.56 Å². The molecule has 1 aromatic heterocycles. The molecule has 0 spiro atoms. The predicted molar refractivity (Wildman–Crippen MR) is 52.6 cm³/mol. The first kappa shape index (κ1) is 9.71. The molecule has 0 saturated heterocycles. The van der Waals surface area contributed by atoms with Crippen LogP contribution in [0.3, 0.4) is 0 Å². The smallest absolute Gasteiger partial charge is 0.0924 e. The van der Waals surface area contributed by atoms with Gasteiger partial charge in [-0.3, -0.25) is 0 Å². The van der Waals surface area contributed by atoms with Crippen LogP contribution in [-0.2, 0) is 0 Å². The summed E-state index contributed by atoms with van der Waals surface area (Å²) in [6.07, 6.45) is -0.343. The molecule has 1 atom stereocenters. The molecule has 1 N–H and O–H groups in total. The topological polar surface area (TPSA) is 23.5 Å². The number of hydrogen-bond acceptors (Lipinski definition) is 3. The van der Waals surface area contributed by atoms with Gasteiger partial charge in [-0.05, 0) is 38.0 Å². The first-order chi connectivity index (χ1) is 5.59. The van der Waals surface area contributed by atoms with Crippen LogP contribution in [0.5, 0.6) is 0 Å². The molecule has 0 aliphatic heterocycles. The summed E-state index contributed by atoms with van der Waals surface area (Å²) < 4.78 is 0. The summed E-state index contributed by atoms with van der Waals surface area (Å²) >= 11 is 1.68. The Bertz CT molecular complexity index is 244. The van der Waals surface area contributed by atoms with Gasteiger partial charge in [0.1, 0.15) is 0 Å². The molecular formula is C9H15NOS. The van der Waals surface area contributed by atoms with Crippen LogP contribution in [0, 0.1) is 6.92 Å². The second kappa shape index (κ2) is 4.03. The molecule has 1 aromatic rings. The number of aryl methyl sites for hydroxylation is 1. The lowest BCUT2D eigenvalue weighted by Gasteiger charge is -2.14. The molecule has 0 fully saturated rings. The Labute approximate surface area is 77.5 Å². The number of rotatable bonds is 3. The van der Waals surface area contributed by atoms with Gasteiger partial charge in [0.2, 0.25) is 0 Å². The minimum atomic E-state index is -0.343. The van der Waals surface area contributed by atoms with Crippen molar-refractivity contribution in [2.45, 2.75) is 13.0 Å². The number of hydrogen-bond donors (Lipinski definition) is 1. The van der Waals surface area contributed by atoms with E-state index in [-0.39, 0.29) is 6.10 Å². The van der Waals surface area contributed by atoms with Gasteiger partial charge in [-0.25, -0.2) is 0 Å². The summed E-state index contributed by atoms with van der Waals surface area (Å²) in [6.45, 7) is 2.74. The van der Waals surface area contributed by atoms with Gasteiger partial charge in [0.25, 0.3) is 0 Å². The molecule has 1 unspecified atom stereocenters. The van der Waals surface area contributed by atoms with Crippen LogP contribution < -0.4 is 0 Å². The van der Waals surface area contributed by atoms with Crippen LogP contribution in [0.2, 0.25) is 0 Å². The molecule has 0 bridgehead atoms. The van der Waals surface area contributed by atoms with E-state index in [0.29, 0.717) is 6.54 Å². The standard InChI is InChI=1S/C9H15NOS/c1-7-4-8(6-12-7)9(11)5-10(2)3/h4,6,9,11H,5H2,1-3H3. The average molecular weight is 185 g/mol. The lowest BCUT2D eigenvalue weighted by molar-refractivity contribution is 0.139. The van der Waals surface area contributed by atoms with Crippen molar-refractivity contribution in [1.82, 2.24) is 4.90 Å². The third-order valence-corrected chi connectivity index (χ3v) is 2.55. The molecule has 0 aliphatic rings. The monoisotopic (exact) mass is 185 g/mol. The average Bonchev–Trinajstić information content (AvgIpc) is 2.34. The number of aliphatic hydroxyl groups is 1. The molecule has 0 saturated carbocycles. The summed E-state index contributed by atoms with van der Waals surface area (Å²) in [5.41, 5.74) is 1.03. The fourth-order valence-electron chi connectivity index (χ4n) is 1.09. The highest BCUT2D eigenvalue weighted by molar-refractivity contribution is 7.10. The van der Waals surface area contributed by atoms with Crippen molar-refractivity contribution in [1.29, 1.82) is 0 Å². The molecule has 0 aromatic carbocycles. The van der Waals surface area contributed by atoms with Gasteiger partial charge in [-0.2, -0.15) is 0 Å². The largest absolute Gasteiger partial charge is 0.387 e. The van der Waals surface area contributed by atoms with Crippen molar-refractivity contribution in [3.63, 3.8) is 0 Å². The Kier molecular flexibility index (Phi) is 3.26. The summed E-state index contributed by atoms with van der Waals surface area (Å²) in [5, 5.41) is 11.7. The zero-order valence-corrected chi connectivity index (χ0v) is 8.56. The second-order valence-electron chi connectivity index (χ2n) is 3.27. The Morgan fingerprint density at radius 2 is 2.25 bits per heavy atom. The van der Waals surface area contributed by atoms with Crippen molar-refractivity contribution in [3.05, 3.63) is 21.9 Å². The van der Waals surface area contributed by atoms with E-state index >= 15 is 0 Å². The van der Waals surface area contributed by atoms with Gasteiger partial charge in [0, 0.05) is 11.4 Å². The van der Waals surface area contributed by atoms with Crippen molar-refractivity contribution in [2.24, 2.45) is 0 Å². The fourth-order valence-corrected chi connectivity index (χ4v) is 1.84. The summed E-state index contributed by atoms with van der Waals surface area (Å²) in [4.78, 5) is 3.24. The predicted octanol–water partition coefficient (Wildman–Crippen LogP) is 1.65. The van der Waals surface area contributed by atoms with Gasteiger partial charge in [-0.1, -0.05) is 0 Å². The molecule has 3 heteroatoms. The van der Waals surface area contributed by atoms with E-state index in [9.17, 15) is 5.11 Å². The first-order valence-electron chi connectivity index (χ1n) is 3.97. The van der Waals surface area contributed by atoms with Crippen LogP contribution in [0.4, 0.5) is 0 Å². The van der Waals surface area contributed by atoms with Crippen molar-refractivity contribution in [3.8, 4) is 0 Å². The third-order valence-electron chi connectivity index (χ3n) is 1.67. The van der Waals surface area contributed by atoms with Crippen LogP contribution in [0.1, 0.15) is 16.5 Å². The number of thiophene rings is 1. The van der Waals surface area contributed by atoms with Gasteiger partial charge in [0.15, 0.2) is 0 Å². The van der Waals surface area contributed by atoms with Gasteiger partial charge >= 0.3 is 0 Å². The highest BCUT2D eigenvalue weighted by Crippen LogP contribution is 2.20. The van der Waals surface area contributed by atoms with E-state index in [1.165, 1.54) is 4.88 Å². The summed E-state index contributed by atoms with van der Waals surface area (Å²) in [5.74, 6) is 0. The molecule has 68 valence electrons. The minimum absolute atomic E-state index is 0.343. The minimum Gasteiger partial charge on any atom is -0.387 e. The van der Waals surface area contributed by atoms with Crippen molar-refractivity contribution < 1.29 is 5.11 Å². The number of nitrogens with zero attached hydrogens (tertiary/aromatic N) is 1. The summed E-state index contributed by atoms with van der Waals surface area (Å²) in [6, 6.07) is 2.04. The zero-order valence-electron chi connectivity index (χ0n) is 7.74. The highest BCUT2D eigenvalue weighted by Gasteiger charge is 2.09. The lowest BCUT2D eigenvalue weighted by Crippen LogP contribution is -2.19. The van der Waals surface area contributed by atoms with E-state index < -0.39 is 0 Å². The zero-order chi connectivity index (χ0) is 9.14. The SMILES string of the molecule is Cc1cc(C(O)CN(C)C)cs1. The van der Waals surface area contributed by atoms with Crippen LogP contribution in [0.25, 0.3) is 0 Å². The van der Waals surface area contributed by atoms with Gasteiger partial charge in [-0.15, -0.1) is 11.3 Å². The van der Waals surface area contributed by atoms with E-state index in [1.807, 2.05) is 30.4 Å². The lowest BCUT2D eigenvalue weighted by atomic mass is 10.2. The van der Waals surface area contributed by atoms with E-state index in [4.69, 9.17) is 0 Å². The molecule has 1 heterocycles. The Morgan fingerprint density at radius 1 is 1.58 bits per heavy atom.